The van der Waals surface area contributed by atoms with Crippen LogP contribution in [0.25, 0.3) is 0 Å². The van der Waals surface area contributed by atoms with Crippen LogP contribution in [0.4, 0.5) is 0 Å². The number of hydrogen-bond acceptors (Lipinski definition) is 8. The van der Waals surface area contributed by atoms with E-state index in [1.165, 1.54) is 0 Å². The van der Waals surface area contributed by atoms with E-state index in [2.05, 4.69) is 43.5 Å². The highest BCUT2D eigenvalue weighted by molar-refractivity contribution is 7.98. The lowest BCUT2D eigenvalue weighted by Crippen LogP contribution is -1.93. The first kappa shape index (κ1) is 55.7. The van der Waals surface area contributed by atoms with Crippen LogP contribution in [-0.2, 0) is 0 Å². The smallest absolute Gasteiger partial charge is 0.159 e. The minimum absolute atomic E-state index is 0. The van der Waals surface area contributed by atoms with Crippen molar-refractivity contribution in [2.24, 2.45) is 0 Å². The topological polar surface area (TPSA) is 68.3 Å². The summed E-state index contributed by atoms with van der Waals surface area (Å²) in [7, 11) is 0. The number of thioether (sulfide) groups is 2. The van der Waals surface area contributed by atoms with Crippen molar-refractivity contribution in [1.29, 1.82) is 0 Å². The number of carbonyl (C=O) groups excluding carboxylic acids is 4. The summed E-state index contributed by atoms with van der Waals surface area (Å²) in [6, 6.07) is 23.3. The molecule has 0 unspecified atom stereocenters. The minimum atomic E-state index is 0. The van der Waals surface area contributed by atoms with Crippen molar-refractivity contribution in [1.82, 2.24) is 0 Å². The zero-order valence-corrected chi connectivity index (χ0v) is 35.7. The molecular formula is C44H64O4S4. The van der Waals surface area contributed by atoms with Gasteiger partial charge in [0.1, 0.15) is 0 Å². The Labute approximate surface area is 336 Å². The molecule has 0 aliphatic heterocycles. The van der Waals surface area contributed by atoms with Crippen molar-refractivity contribution in [3.63, 3.8) is 0 Å². The molecule has 0 saturated carbocycles. The van der Waals surface area contributed by atoms with E-state index in [1.807, 2.05) is 110 Å². The Balaban J connectivity index is -0.000000282. The van der Waals surface area contributed by atoms with E-state index in [4.69, 9.17) is 0 Å². The largest absolute Gasteiger partial charge is 0.295 e. The van der Waals surface area contributed by atoms with Crippen LogP contribution in [0.15, 0.2) is 87.5 Å². The van der Waals surface area contributed by atoms with Crippen LogP contribution in [0, 0.1) is 34.6 Å². The van der Waals surface area contributed by atoms with E-state index in [0.29, 0.717) is 0 Å². The monoisotopic (exact) mass is 784 g/mol. The molecule has 0 amide bonds. The molecule has 0 saturated heterocycles. The second-order valence-electron chi connectivity index (χ2n) is 11.1. The number of ketones is 4. The average Bonchev–Trinajstić information content (AvgIpc) is 3.06. The van der Waals surface area contributed by atoms with Gasteiger partial charge in [0.15, 0.2) is 23.1 Å². The Morgan fingerprint density at radius 3 is 0.904 bits per heavy atom. The third-order valence-corrected chi connectivity index (χ3v) is 8.16. The van der Waals surface area contributed by atoms with E-state index in [1.54, 1.807) is 63.5 Å². The molecule has 0 aliphatic carbocycles. The minimum Gasteiger partial charge on any atom is -0.295 e. The fourth-order valence-corrected chi connectivity index (χ4v) is 5.72. The second kappa shape index (κ2) is 30.4. The predicted octanol–water partition coefficient (Wildman–Crippen LogP) is 13.7. The Hall–Kier alpha value is -3.04. The lowest BCUT2D eigenvalue weighted by Gasteiger charge is -2.01. The van der Waals surface area contributed by atoms with Crippen LogP contribution >= 0.6 is 48.8 Å². The van der Waals surface area contributed by atoms with Crippen molar-refractivity contribution in [3.8, 4) is 0 Å². The quantitative estimate of drug-likeness (QED) is 0.115. The first-order chi connectivity index (χ1) is 23.4. The van der Waals surface area contributed by atoms with Crippen LogP contribution in [0.5, 0.6) is 0 Å². The summed E-state index contributed by atoms with van der Waals surface area (Å²) in [5.41, 5.74) is 8.81. The van der Waals surface area contributed by atoms with E-state index in [-0.39, 0.29) is 38.0 Å². The second-order valence-corrected chi connectivity index (χ2v) is 13.4. The van der Waals surface area contributed by atoms with Gasteiger partial charge >= 0.3 is 0 Å². The molecule has 4 rings (SSSR count). The van der Waals surface area contributed by atoms with E-state index in [9.17, 15) is 19.2 Å². The third kappa shape index (κ3) is 23.5. The van der Waals surface area contributed by atoms with Gasteiger partial charge in [0.25, 0.3) is 0 Å². The molecule has 0 N–H and O–H groups in total. The maximum absolute atomic E-state index is 11.1. The Bertz CT molecular complexity index is 1530. The zero-order valence-electron chi connectivity index (χ0n) is 32.3. The Morgan fingerprint density at radius 2 is 0.654 bits per heavy atom. The molecule has 0 spiro atoms. The molecule has 288 valence electrons. The molecule has 52 heavy (non-hydrogen) atoms. The van der Waals surface area contributed by atoms with Crippen molar-refractivity contribution in [2.75, 3.05) is 18.8 Å². The normalized spacial score (nSPS) is 8.92. The number of benzene rings is 4. The van der Waals surface area contributed by atoms with Gasteiger partial charge in [0.05, 0.1) is 0 Å². The maximum atomic E-state index is 11.1. The lowest BCUT2D eigenvalue weighted by molar-refractivity contribution is 0.100. The van der Waals surface area contributed by atoms with Crippen LogP contribution in [-0.4, -0.2) is 41.9 Å². The average molecular weight is 785 g/mol. The fourth-order valence-electron chi connectivity index (χ4n) is 4.28. The zero-order chi connectivity index (χ0) is 39.1. The molecule has 4 nitrogen and oxygen atoms in total. The van der Waals surface area contributed by atoms with Crippen LogP contribution in [0.1, 0.15) is 126 Å². The van der Waals surface area contributed by atoms with Gasteiger partial charge < -0.3 is 0 Å². The molecule has 0 fully saturated rings. The lowest BCUT2D eigenvalue weighted by atomic mass is 10.1. The SMILES string of the molecule is C.C.CC.CC(=O)c1cc(C)cc(C)c1.CC(=O)c1cc(C)cc(S)c1.CS.CSc1cc(C)cc(C(C)=O)c1.CSc1cc(C)cc(C(C)=O)c1. The number of hydrogen-bond donors (Lipinski definition) is 2. The van der Waals surface area contributed by atoms with Crippen LogP contribution < -0.4 is 0 Å². The predicted molar refractivity (Wildman–Crippen MR) is 240 cm³/mol. The summed E-state index contributed by atoms with van der Waals surface area (Å²) in [5.74, 6) is 0.490. The van der Waals surface area contributed by atoms with Gasteiger partial charge in [-0.05, 0) is 165 Å². The highest BCUT2D eigenvalue weighted by atomic mass is 32.2. The number of Topliss-reactive ketones (excluding diaryl/α,β-unsaturated/α-hetero) is 4. The number of thiol groups is 2. The Kier molecular flexibility index (Phi) is 32.6. The molecule has 0 heterocycles. The highest BCUT2D eigenvalue weighted by Crippen LogP contribution is 2.20. The summed E-state index contributed by atoms with van der Waals surface area (Å²) >= 11 is 11.0. The molecule has 4 aromatic rings. The molecule has 0 aromatic heterocycles. The number of rotatable bonds is 6. The summed E-state index contributed by atoms with van der Waals surface area (Å²) in [4.78, 5) is 47.1. The molecule has 0 radical (unpaired) electrons. The first-order valence-corrected chi connectivity index (χ1v) is 19.9. The molecule has 0 aliphatic rings. The van der Waals surface area contributed by atoms with Gasteiger partial charge in [-0.3, -0.25) is 19.2 Å². The van der Waals surface area contributed by atoms with Gasteiger partial charge in [-0.25, -0.2) is 0 Å². The van der Waals surface area contributed by atoms with Gasteiger partial charge in [0.2, 0.25) is 0 Å². The molecule has 8 heteroatoms. The van der Waals surface area contributed by atoms with Gasteiger partial charge in [0, 0.05) is 36.9 Å². The molecule has 0 atom stereocenters. The standard InChI is InChI=1S/2C10H12OS.C10H12O.C9H10OS.C2H6.CH4S.2CH4/c2*1-7-4-9(8(2)11)6-10(5-7)12-3;1-7-4-8(2)6-10(5-7)9(3)11;1-6-3-8(7(2)10)5-9(11)4-6;2*1-2;;/h2*4-6H,1-3H3;4-6H,1-3H3;3-5,11H,1-2H3;1-2H3;2H,1H3;2*1H4. The van der Waals surface area contributed by atoms with E-state index >= 15 is 0 Å². The summed E-state index contributed by atoms with van der Waals surface area (Å²) in [6.45, 7) is 20.3. The van der Waals surface area contributed by atoms with Gasteiger partial charge in [-0.1, -0.05) is 45.9 Å². The molecule has 0 bridgehead atoms. The highest BCUT2D eigenvalue weighted by Gasteiger charge is 2.03. The van der Waals surface area contributed by atoms with Crippen molar-refractivity contribution in [3.05, 3.63) is 123 Å². The van der Waals surface area contributed by atoms with Crippen molar-refractivity contribution >= 4 is 71.9 Å². The van der Waals surface area contributed by atoms with Gasteiger partial charge in [-0.2, -0.15) is 12.6 Å². The van der Waals surface area contributed by atoms with Crippen molar-refractivity contribution in [2.45, 2.75) is 106 Å². The maximum Gasteiger partial charge on any atom is 0.159 e. The third-order valence-electron chi connectivity index (χ3n) is 6.48. The van der Waals surface area contributed by atoms with Crippen LogP contribution in [0.2, 0.25) is 0 Å². The number of aryl methyl sites for hydroxylation is 5. The van der Waals surface area contributed by atoms with Crippen LogP contribution in [0.3, 0.4) is 0 Å². The first-order valence-electron chi connectivity index (χ1n) is 16.1. The fraction of sp³-hybridized carbons (Fsp3) is 0.364. The molecule has 4 aromatic carbocycles. The summed E-state index contributed by atoms with van der Waals surface area (Å²) < 4.78 is 0. The summed E-state index contributed by atoms with van der Waals surface area (Å²) in [5, 5.41) is 0. The van der Waals surface area contributed by atoms with Crippen molar-refractivity contribution < 1.29 is 19.2 Å². The molecular weight excluding hydrogens is 721 g/mol. The summed E-state index contributed by atoms with van der Waals surface area (Å²) in [6.07, 6.45) is 5.72. The Morgan fingerprint density at radius 1 is 0.423 bits per heavy atom. The van der Waals surface area contributed by atoms with E-state index < -0.39 is 0 Å². The number of carbonyl (C=O) groups is 4. The van der Waals surface area contributed by atoms with E-state index in [0.717, 1.165) is 64.8 Å². The van der Waals surface area contributed by atoms with Gasteiger partial charge in [-0.15, -0.1) is 36.2 Å².